The van der Waals surface area contributed by atoms with E-state index in [4.69, 9.17) is 55.8 Å². The zero-order valence-electron chi connectivity index (χ0n) is 75.1. The number of para-hydroxylation sites is 2. The van der Waals surface area contributed by atoms with Gasteiger partial charge in [-0.3, -0.25) is 33.6 Å². The molecule has 14 aromatic rings. The molecule has 0 atom stereocenters. The largest absolute Gasteiger partial charge is 0.497 e. The van der Waals surface area contributed by atoms with Crippen molar-refractivity contribution in [2.75, 3.05) is 28.4 Å². The quantitative estimate of drug-likeness (QED) is 0.0379. The van der Waals surface area contributed by atoms with Crippen LogP contribution in [0.25, 0.3) is 42.5 Å². The molecule has 0 fully saturated rings. The Balaban J connectivity index is 0.000000195. The average Bonchev–Trinajstić information content (AvgIpc) is 0.852. The first-order chi connectivity index (χ1) is 66.1. The summed E-state index contributed by atoms with van der Waals surface area (Å²) in [5, 5.41) is 61.4. The van der Waals surface area contributed by atoms with Gasteiger partial charge in [0.2, 0.25) is 0 Å². The Kier molecular flexibility index (Phi) is 42.0. The Bertz CT molecular complexity index is 7060. The number of hydrogen-bond donors (Lipinski definition) is 0. The number of carbonyl (C=O) groups excluding carboxylic acids is 7. The van der Waals surface area contributed by atoms with E-state index in [1.807, 2.05) is 129 Å². The first-order valence-corrected chi connectivity index (χ1v) is 41.9. The fourth-order valence-electron chi connectivity index (χ4n) is 12.0. The predicted molar refractivity (Wildman–Crippen MR) is 532 cm³/mol. The molecule has 0 aromatic heterocycles. The summed E-state index contributed by atoms with van der Waals surface area (Å²) in [7, 11) is 6.20. The third kappa shape index (κ3) is 35.0. The number of hydrogen-bond acceptors (Lipinski definition) is 18. The van der Waals surface area contributed by atoms with Crippen molar-refractivity contribution in [2.45, 2.75) is 13.8 Å². The average molecular weight is 1780 g/mol. The third-order valence-electron chi connectivity index (χ3n) is 19.4. The Hall–Kier alpha value is -19.4. The van der Waals surface area contributed by atoms with Crippen molar-refractivity contribution in [1.29, 1.82) is 36.8 Å². The van der Waals surface area contributed by atoms with E-state index in [0.29, 0.717) is 101 Å². The highest BCUT2D eigenvalue weighted by Gasteiger charge is 2.12. The van der Waals surface area contributed by atoms with Gasteiger partial charge in [-0.2, -0.15) is 36.8 Å². The van der Waals surface area contributed by atoms with Crippen LogP contribution in [0.5, 0.6) is 23.0 Å². The molecule has 0 aliphatic rings. The van der Waals surface area contributed by atoms with Gasteiger partial charge in [0.1, 0.15) is 23.0 Å². The van der Waals surface area contributed by atoms with E-state index in [0.717, 1.165) is 50.1 Å². The Morgan fingerprint density at radius 3 is 0.713 bits per heavy atom. The molecule has 136 heavy (non-hydrogen) atoms. The van der Waals surface area contributed by atoms with E-state index in [-0.39, 0.29) is 40.5 Å². The van der Waals surface area contributed by atoms with Crippen LogP contribution in [0, 0.1) is 93.2 Å². The lowest BCUT2D eigenvalue weighted by Gasteiger charge is -2.04. The van der Waals surface area contributed by atoms with Crippen molar-refractivity contribution < 1.29 is 52.5 Å². The van der Waals surface area contributed by atoms with Gasteiger partial charge in [0.25, 0.3) is 0 Å². The van der Waals surface area contributed by atoms with Gasteiger partial charge in [-0.05, 0) is 229 Å². The molecule has 18 nitrogen and oxygen atoms in total. The lowest BCUT2D eigenvalue weighted by atomic mass is 10.1. The maximum atomic E-state index is 12.1. The van der Waals surface area contributed by atoms with Gasteiger partial charge in [-0.1, -0.05) is 266 Å². The zero-order valence-corrected chi connectivity index (χ0v) is 75.1. The number of carbonyl (C=O) groups is 7. The monoisotopic (exact) mass is 1780 g/mol. The molecule has 0 aliphatic heterocycles. The van der Waals surface area contributed by atoms with Gasteiger partial charge in [0.05, 0.1) is 121 Å². The Morgan fingerprint density at radius 2 is 0.441 bits per heavy atom. The summed E-state index contributed by atoms with van der Waals surface area (Å²) in [5.41, 5.74) is 16.5. The fourth-order valence-corrected chi connectivity index (χ4v) is 12.0. The number of allylic oxidation sites excluding steroid dienone is 7. The van der Waals surface area contributed by atoms with Crippen LogP contribution < -0.4 is 18.9 Å². The molecule has 662 valence electrons. The van der Waals surface area contributed by atoms with Gasteiger partial charge < -0.3 is 18.9 Å². The molecule has 0 unspecified atom stereocenters. The van der Waals surface area contributed by atoms with Crippen LogP contribution in [0.4, 0.5) is 0 Å². The normalized spacial score (nSPS) is 10.2. The van der Waals surface area contributed by atoms with Crippen LogP contribution in [0.3, 0.4) is 0 Å². The van der Waals surface area contributed by atoms with Crippen molar-refractivity contribution in [1.82, 2.24) is 0 Å². The number of rotatable bonds is 25. The molecule has 0 N–H and O–H groups in total. The fraction of sp³-hybridized carbons (Fsp3) is 0.0508. The first-order valence-electron chi connectivity index (χ1n) is 41.9. The van der Waals surface area contributed by atoms with E-state index in [9.17, 15) is 33.6 Å². The number of nitrogens with zero attached hydrogens (tertiary/aromatic N) is 7. The molecular formula is C118H89N7O11. The predicted octanol–water partition coefficient (Wildman–Crippen LogP) is 24.8. The van der Waals surface area contributed by atoms with E-state index in [1.54, 1.807) is 293 Å². The highest BCUT2D eigenvalue weighted by atomic mass is 16.5. The van der Waals surface area contributed by atoms with E-state index >= 15 is 0 Å². The minimum absolute atomic E-state index is 0.0237. The molecule has 0 spiro atoms. The van der Waals surface area contributed by atoms with Crippen LogP contribution in [-0.2, 0) is 0 Å². The summed E-state index contributed by atoms with van der Waals surface area (Å²) in [5.74, 6) is 1.86. The van der Waals surface area contributed by atoms with Crippen LogP contribution in [-0.4, -0.2) is 68.9 Å². The molecule has 18 heteroatoms. The van der Waals surface area contributed by atoms with Crippen molar-refractivity contribution in [3.63, 3.8) is 0 Å². The zero-order chi connectivity index (χ0) is 97.6. The minimum atomic E-state index is -0.134. The molecule has 0 heterocycles. The SMILES string of the molecule is COc1cccc(C(=O)/C=C/c2ccc(C#N)cc2)c1.COc1cccc(C(=O)/C=C/c2cccc(C#N)c2)c1.COc1ccccc1C(=O)/C=C/c1ccc(C#N)cc1.COc1ccccc1C(=O)/C=C/c1cccc(C#N)c1.Cc1ccc(C(=O)/C=C/c2ccc(C#N)cc2)cc1.Cc1ccc(C(=O)/C=C/c2cccc(C#N)c2)cc1.N#Cc1cccc(/C=C/C(=O)c2ccccc2)c1. The second-order valence-corrected chi connectivity index (χ2v) is 29.0. The van der Waals surface area contributed by atoms with Crippen LogP contribution >= 0.6 is 0 Å². The number of methoxy groups -OCH3 is 4. The molecule has 0 amide bonds. The van der Waals surface area contributed by atoms with Crippen molar-refractivity contribution >= 4 is 83.0 Å². The Labute approximate surface area is 791 Å². The summed E-state index contributed by atoms with van der Waals surface area (Å²) in [6.07, 6.45) is 22.6. The molecule has 0 aliphatic carbocycles. The highest BCUT2D eigenvalue weighted by molar-refractivity contribution is 6.11. The van der Waals surface area contributed by atoms with Crippen LogP contribution in [0.1, 0.15) is 162 Å². The highest BCUT2D eigenvalue weighted by Crippen LogP contribution is 2.24. The first kappa shape index (κ1) is 102. The number of nitriles is 7. The standard InChI is InChI=1S/4C17H13NO2.2C17H13NO.C16H11NO/c1-20-16-7-3-6-15(11-16)17(19)9-8-13-4-2-5-14(10-13)12-18;1-20-17-8-3-2-7-15(17)16(19)10-9-13-5-4-6-14(11-13)12-18;1-20-16-4-2-3-15(11-16)17(19)10-9-13-5-7-14(12-18)8-6-13;1-20-17-5-3-2-4-15(17)16(19)11-10-13-6-8-14(12-18)9-7-13;1-13-2-9-16(10-3-13)17(19)11-8-14-4-6-15(12-18)7-5-14;1-13-5-8-16(9-6-13)17(19)10-7-14-3-2-4-15(11-14)12-18;17-12-14-6-4-5-13(11-14)9-10-16(18)15-7-2-1-3-8-15/h4*2-11H,1H3;2*2-11H,1H3;1-11H/b9-8+;2*10-9+;11-10+;11-8+;10-7+;10-9+. The van der Waals surface area contributed by atoms with Crippen LogP contribution in [0.2, 0.25) is 0 Å². The van der Waals surface area contributed by atoms with Gasteiger partial charge in [0.15, 0.2) is 40.5 Å². The lowest BCUT2D eigenvalue weighted by Crippen LogP contribution is -1.98. The Morgan fingerprint density at radius 1 is 0.206 bits per heavy atom. The number of benzene rings is 14. The van der Waals surface area contributed by atoms with E-state index in [2.05, 4.69) is 42.5 Å². The topological polar surface area (TPSA) is 323 Å². The number of ketones is 7. The molecule has 0 radical (unpaired) electrons. The van der Waals surface area contributed by atoms with Crippen LogP contribution in [0.15, 0.2) is 388 Å². The maximum Gasteiger partial charge on any atom is 0.189 e. The molecule has 14 rings (SSSR count). The lowest BCUT2D eigenvalue weighted by molar-refractivity contribution is 0.103. The molecule has 14 aromatic carbocycles. The van der Waals surface area contributed by atoms with Gasteiger partial charge in [0, 0.05) is 27.8 Å². The summed E-state index contributed by atoms with van der Waals surface area (Å²) >= 11 is 0. The second-order valence-electron chi connectivity index (χ2n) is 29.0. The molecule has 0 saturated carbocycles. The summed E-state index contributed by atoms with van der Waals surface area (Å²) in [6, 6.07) is 116. The maximum absolute atomic E-state index is 12.1. The third-order valence-corrected chi connectivity index (χ3v) is 19.4. The molecule has 0 saturated heterocycles. The van der Waals surface area contributed by atoms with Gasteiger partial charge in [-0.15, -0.1) is 0 Å². The summed E-state index contributed by atoms with van der Waals surface area (Å²) in [6.45, 7) is 3.97. The molecular weight excluding hydrogens is 1690 g/mol. The van der Waals surface area contributed by atoms with Gasteiger partial charge >= 0.3 is 0 Å². The van der Waals surface area contributed by atoms with E-state index in [1.165, 1.54) is 50.7 Å². The molecule has 0 bridgehead atoms. The minimum Gasteiger partial charge on any atom is -0.497 e. The smallest absolute Gasteiger partial charge is 0.189 e. The van der Waals surface area contributed by atoms with Gasteiger partial charge in [-0.25, -0.2) is 0 Å². The second kappa shape index (κ2) is 56.0. The summed E-state index contributed by atoms with van der Waals surface area (Å²) < 4.78 is 20.5. The van der Waals surface area contributed by atoms with Crippen molar-refractivity contribution in [2.24, 2.45) is 0 Å². The van der Waals surface area contributed by atoms with Crippen molar-refractivity contribution in [3.05, 3.63) is 516 Å². The van der Waals surface area contributed by atoms with E-state index < -0.39 is 0 Å². The number of ether oxygens (including phenoxy) is 4. The summed E-state index contributed by atoms with van der Waals surface area (Å²) in [4.78, 5) is 83.9. The number of aryl methyl sites for hydroxylation is 2. The van der Waals surface area contributed by atoms with Crippen molar-refractivity contribution in [3.8, 4) is 65.5 Å².